The maximum atomic E-state index is 12.2. The number of thiophene rings is 1. The highest BCUT2D eigenvalue weighted by atomic mass is 32.1. The summed E-state index contributed by atoms with van der Waals surface area (Å²) in [5, 5.41) is 14.1. The number of hydrogen-bond acceptors (Lipinski definition) is 7. The number of hydrogen-bond donors (Lipinski definition) is 2. The molecule has 1 unspecified atom stereocenters. The summed E-state index contributed by atoms with van der Waals surface area (Å²) in [5.74, 6) is 0.923. The lowest BCUT2D eigenvalue weighted by atomic mass is 10.1. The Kier molecular flexibility index (Phi) is 5.47. The Morgan fingerprint density at radius 1 is 1.19 bits per heavy atom. The first-order valence-corrected chi connectivity index (χ1v) is 8.63. The summed E-state index contributed by atoms with van der Waals surface area (Å²) >= 11 is 1.23. The van der Waals surface area contributed by atoms with Gasteiger partial charge < -0.3 is 15.4 Å². The fourth-order valence-corrected chi connectivity index (χ4v) is 2.84. The Labute approximate surface area is 156 Å². The minimum absolute atomic E-state index is 0.207. The van der Waals surface area contributed by atoms with Crippen LogP contribution in [0.3, 0.4) is 0 Å². The number of anilines is 2. The standard InChI is InChI=1S/C17H16BN5O2S/c1-10(20-16(24)14-7-8-15(18)26-14)13-9-19-17(23-22-13)21-11-3-5-12(25-2)6-4-11/h3-10H,1-2H3,(H,20,24)(H,19,21,23). The monoisotopic (exact) mass is 365 g/mol. The van der Waals surface area contributed by atoms with Crippen molar-refractivity contribution >= 4 is 41.5 Å². The van der Waals surface area contributed by atoms with E-state index >= 15 is 0 Å². The lowest BCUT2D eigenvalue weighted by Gasteiger charge is -2.12. The Bertz CT molecular complexity index is 883. The molecule has 1 amide bonds. The van der Waals surface area contributed by atoms with Gasteiger partial charge in [-0.1, -0.05) is 6.07 Å². The van der Waals surface area contributed by atoms with Gasteiger partial charge in [0.15, 0.2) is 0 Å². The van der Waals surface area contributed by atoms with Gasteiger partial charge in [-0.3, -0.25) is 4.79 Å². The van der Waals surface area contributed by atoms with E-state index in [2.05, 4.69) is 25.8 Å². The number of nitrogens with one attached hydrogen (secondary N) is 2. The van der Waals surface area contributed by atoms with E-state index in [0.29, 0.717) is 21.3 Å². The van der Waals surface area contributed by atoms with Gasteiger partial charge in [0, 0.05) is 5.69 Å². The first kappa shape index (κ1) is 17.9. The van der Waals surface area contributed by atoms with Gasteiger partial charge in [0.05, 0.1) is 24.2 Å². The number of aromatic nitrogens is 3. The molecule has 0 bridgehead atoms. The molecule has 0 saturated heterocycles. The fraction of sp³-hybridized carbons (Fsp3) is 0.176. The largest absolute Gasteiger partial charge is 0.497 e. The summed E-state index contributed by atoms with van der Waals surface area (Å²) in [6.07, 6.45) is 1.58. The molecule has 0 aliphatic heterocycles. The molecule has 2 radical (unpaired) electrons. The zero-order chi connectivity index (χ0) is 18.5. The van der Waals surface area contributed by atoms with Gasteiger partial charge in [0.1, 0.15) is 19.3 Å². The lowest BCUT2D eigenvalue weighted by Crippen LogP contribution is -2.27. The second-order valence-corrected chi connectivity index (χ2v) is 6.57. The van der Waals surface area contributed by atoms with E-state index in [1.54, 1.807) is 25.4 Å². The van der Waals surface area contributed by atoms with E-state index in [0.717, 1.165) is 11.4 Å². The summed E-state index contributed by atoms with van der Waals surface area (Å²) in [6, 6.07) is 10.4. The number of nitrogens with zero attached hydrogens (tertiary/aromatic N) is 3. The highest BCUT2D eigenvalue weighted by molar-refractivity contribution is 7.21. The number of carbonyl (C=O) groups is 1. The first-order chi connectivity index (χ1) is 12.5. The molecule has 2 N–H and O–H groups in total. The van der Waals surface area contributed by atoms with Gasteiger partial charge in [-0.05, 0) is 42.0 Å². The Balaban J connectivity index is 1.61. The van der Waals surface area contributed by atoms with E-state index in [4.69, 9.17) is 12.6 Å². The molecule has 0 aliphatic carbocycles. The van der Waals surface area contributed by atoms with Gasteiger partial charge >= 0.3 is 0 Å². The van der Waals surface area contributed by atoms with Crippen LogP contribution >= 0.6 is 11.3 Å². The number of amides is 1. The van der Waals surface area contributed by atoms with Crippen LogP contribution in [0, 0.1) is 0 Å². The summed E-state index contributed by atoms with van der Waals surface area (Å²) in [5.41, 5.74) is 1.38. The van der Waals surface area contributed by atoms with Crippen LogP contribution in [0.1, 0.15) is 28.3 Å². The molecule has 2 heterocycles. The Hall–Kier alpha value is -2.94. The second kappa shape index (κ2) is 7.96. The summed E-state index contributed by atoms with van der Waals surface area (Å²) in [7, 11) is 7.26. The number of methoxy groups -OCH3 is 1. The van der Waals surface area contributed by atoms with Gasteiger partial charge in [-0.15, -0.1) is 21.5 Å². The van der Waals surface area contributed by atoms with Crippen LogP contribution in [0.15, 0.2) is 42.6 Å². The molecule has 1 aromatic carbocycles. The normalized spacial score (nSPS) is 11.6. The molecule has 9 heteroatoms. The third-order valence-electron chi connectivity index (χ3n) is 3.57. The minimum Gasteiger partial charge on any atom is -0.497 e. The molecule has 0 fully saturated rings. The van der Waals surface area contributed by atoms with E-state index in [1.165, 1.54) is 11.3 Å². The fourth-order valence-electron chi connectivity index (χ4n) is 2.16. The number of rotatable bonds is 6. The topological polar surface area (TPSA) is 89.0 Å². The first-order valence-electron chi connectivity index (χ1n) is 7.82. The van der Waals surface area contributed by atoms with Gasteiger partial charge in [-0.25, -0.2) is 4.98 Å². The average Bonchev–Trinajstić information content (AvgIpc) is 3.09. The van der Waals surface area contributed by atoms with Crippen molar-refractivity contribution in [2.45, 2.75) is 13.0 Å². The zero-order valence-corrected chi connectivity index (χ0v) is 15.1. The van der Waals surface area contributed by atoms with E-state index in [9.17, 15) is 4.79 Å². The molecule has 130 valence electrons. The minimum atomic E-state index is -0.333. The smallest absolute Gasteiger partial charge is 0.261 e. The van der Waals surface area contributed by atoms with E-state index in [-0.39, 0.29) is 11.9 Å². The predicted octanol–water partition coefficient (Wildman–Crippen LogP) is 1.97. The maximum absolute atomic E-state index is 12.2. The third kappa shape index (κ3) is 4.37. The van der Waals surface area contributed by atoms with Crippen LogP contribution in [-0.2, 0) is 0 Å². The number of carbonyl (C=O) groups excluding carboxylic acids is 1. The zero-order valence-electron chi connectivity index (χ0n) is 14.3. The molecular formula is C17H16BN5O2S. The molecular weight excluding hydrogens is 349 g/mol. The van der Waals surface area contributed by atoms with Crippen LogP contribution < -0.4 is 20.1 Å². The highest BCUT2D eigenvalue weighted by Gasteiger charge is 2.14. The maximum Gasteiger partial charge on any atom is 0.261 e. The van der Waals surface area contributed by atoms with Gasteiger partial charge in [0.25, 0.3) is 5.91 Å². The Morgan fingerprint density at radius 3 is 2.54 bits per heavy atom. The number of benzene rings is 1. The van der Waals surface area contributed by atoms with Crippen molar-refractivity contribution in [2.75, 3.05) is 12.4 Å². The second-order valence-electron chi connectivity index (χ2n) is 5.46. The SMILES string of the molecule is [B]c1ccc(C(=O)NC(C)c2cnc(Nc3ccc(OC)cc3)nn2)s1. The van der Waals surface area contributed by atoms with E-state index < -0.39 is 0 Å². The molecule has 0 saturated carbocycles. The molecule has 0 aliphatic rings. The molecule has 7 nitrogen and oxygen atoms in total. The molecule has 0 spiro atoms. The van der Waals surface area contributed by atoms with Crippen LogP contribution in [0.5, 0.6) is 5.75 Å². The summed E-state index contributed by atoms with van der Waals surface area (Å²) in [6.45, 7) is 1.82. The van der Waals surface area contributed by atoms with E-state index in [1.807, 2.05) is 31.2 Å². The van der Waals surface area contributed by atoms with Crippen molar-refractivity contribution in [1.29, 1.82) is 0 Å². The number of ether oxygens (including phenoxy) is 1. The van der Waals surface area contributed by atoms with Crippen molar-refractivity contribution in [3.63, 3.8) is 0 Å². The average molecular weight is 365 g/mol. The van der Waals surface area contributed by atoms with Crippen molar-refractivity contribution in [3.05, 3.63) is 53.2 Å². The van der Waals surface area contributed by atoms with Crippen LogP contribution in [0.4, 0.5) is 11.6 Å². The summed E-state index contributed by atoms with van der Waals surface area (Å²) < 4.78 is 5.71. The van der Waals surface area contributed by atoms with Gasteiger partial charge in [0.2, 0.25) is 5.95 Å². The van der Waals surface area contributed by atoms with Crippen LogP contribution in [0.25, 0.3) is 0 Å². The molecule has 26 heavy (non-hydrogen) atoms. The van der Waals surface area contributed by atoms with Crippen LogP contribution in [-0.4, -0.2) is 36.0 Å². The summed E-state index contributed by atoms with van der Waals surface area (Å²) in [4.78, 5) is 16.9. The molecule has 3 rings (SSSR count). The van der Waals surface area contributed by atoms with Crippen molar-refractivity contribution in [2.24, 2.45) is 0 Å². The van der Waals surface area contributed by atoms with Crippen LogP contribution in [0.2, 0.25) is 0 Å². The Morgan fingerprint density at radius 2 is 1.96 bits per heavy atom. The third-order valence-corrected chi connectivity index (χ3v) is 4.48. The molecule has 1 atom stereocenters. The molecule has 2 aromatic heterocycles. The molecule has 3 aromatic rings. The van der Waals surface area contributed by atoms with Crippen molar-refractivity contribution in [3.8, 4) is 5.75 Å². The van der Waals surface area contributed by atoms with Gasteiger partial charge in [-0.2, -0.15) is 0 Å². The van der Waals surface area contributed by atoms with Crippen molar-refractivity contribution in [1.82, 2.24) is 20.5 Å². The lowest BCUT2D eigenvalue weighted by molar-refractivity contribution is 0.0943. The quantitative estimate of drug-likeness (QED) is 0.650. The van der Waals surface area contributed by atoms with Crippen molar-refractivity contribution < 1.29 is 9.53 Å². The highest BCUT2D eigenvalue weighted by Crippen LogP contribution is 2.18. The predicted molar refractivity (Wildman–Crippen MR) is 102 cm³/mol.